The molecule has 0 radical (unpaired) electrons. The van der Waals surface area contributed by atoms with Gasteiger partial charge in [-0.25, -0.2) is 14.6 Å². The Morgan fingerprint density at radius 2 is 1.59 bits per heavy atom. The first-order valence-electron chi connectivity index (χ1n) is 10.6. The van der Waals surface area contributed by atoms with Crippen molar-refractivity contribution in [3.63, 3.8) is 0 Å². The monoisotopic (exact) mass is 472 g/mol. The molecule has 3 aromatic carbocycles. The third-order valence-corrected chi connectivity index (χ3v) is 6.70. The lowest BCUT2D eigenvalue weighted by molar-refractivity contribution is 0.0702. The number of carbonyl (C=O) groups is 2. The van der Waals surface area contributed by atoms with Gasteiger partial charge in [-0.15, -0.1) is 0 Å². The number of nitrogens with zero attached hydrogens (tertiary/aromatic N) is 1. The maximum atomic E-state index is 12.6. The number of benzene rings is 3. The minimum atomic E-state index is -1.12. The second-order valence-corrected chi connectivity index (χ2v) is 8.68. The second kappa shape index (κ2) is 8.99. The number of thiazole rings is 1. The largest absolute Gasteiger partial charge is 0.497 e. The summed E-state index contributed by atoms with van der Waals surface area (Å²) >= 11 is 0.882. The number of carboxylic acid groups (broad SMARTS) is 1. The first kappa shape index (κ1) is 21.7. The number of aromatic nitrogens is 1. The van der Waals surface area contributed by atoms with E-state index in [1.165, 1.54) is 0 Å². The lowest BCUT2D eigenvalue weighted by Crippen LogP contribution is -2.17. The summed E-state index contributed by atoms with van der Waals surface area (Å²) in [6.45, 7) is 0.155. The van der Waals surface area contributed by atoms with Crippen LogP contribution < -0.4 is 10.1 Å². The van der Waals surface area contributed by atoms with Crippen molar-refractivity contribution >= 4 is 28.5 Å². The molecule has 1 aliphatic carbocycles. The van der Waals surface area contributed by atoms with Gasteiger partial charge in [0, 0.05) is 11.5 Å². The lowest BCUT2D eigenvalue weighted by atomic mass is 9.98. The fourth-order valence-corrected chi connectivity index (χ4v) is 5.00. The number of ether oxygens (including phenoxy) is 2. The fourth-order valence-electron chi connectivity index (χ4n) is 4.18. The van der Waals surface area contributed by atoms with Gasteiger partial charge in [0.2, 0.25) is 0 Å². The number of hydrogen-bond donors (Lipinski definition) is 2. The molecule has 0 spiro atoms. The second-order valence-electron chi connectivity index (χ2n) is 7.68. The maximum Gasteiger partial charge on any atom is 0.413 e. The lowest BCUT2D eigenvalue weighted by Gasteiger charge is -2.14. The molecule has 1 amide bonds. The van der Waals surface area contributed by atoms with E-state index in [1.807, 2.05) is 36.4 Å². The van der Waals surface area contributed by atoms with Crippen LogP contribution in [0.15, 0.2) is 72.8 Å². The zero-order valence-corrected chi connectivity index (χ0v) is 19.0. The van der Waals surface area contributed by atoms with Crippen LogP contribution in [-0.2, 0) is 4.74 Å². The smallest absolute Gasteiger partial charge is 0.413 e. The normalized spacial score (nSPS) is 12.0. The molecule has 0 unspecified atom stereocenters. The molecule has 170 valence electrons. The Kier molecular flexibility index (Phi) is 5.73. The van der Waals surface area contributed by atoms with Crippen LogP contribution in [0, 0.1) is 0 Å². The molecule has 0 atom stereocenters. The van der Waals surface area contributed by atoms with E-state index in [1.54, 1.807) is 31.4 Å². The summed E-state index contributed by atoms with van der Waals surface area (Å²) in [4.78, 5) is 28.7. The molecular weight excluding hydrogens is 452 g/mol. The first-order chi connectivity index (χ1) is 16.5. The van der Waals surface area contributed by atoms with Gasteiger partial charge in [-0.05, 0) is 46.5 Å². The van der Waals surface area contributed by atoms with Gasteiger partial charge in [0.15, 0.2) is 5.13 Å². The van der Waals surface area contributed by atoms with Crippen molar-refractivity contribution in [1.82, 2.24) is 4.98 Å². The molecule has 1 aromatic heterocycles. The zero-order chi connectivity index (χ0) is 23.7. The van der Waals surface area contributed by atoms with Gasteiger partial charge in [0.05, 0.1) is 12.8 Å². The van der Waals surface area contributed by atoms with E-state index in [4.69, 9.17) is 9.47 Å². The molecule has 5 rings (SSSR count). The molecule has 1 heterocycles. The van der Waals surface area contributed by atoms with E-state index in [2.05, 4.69) is 22.4 Å². The minimum absolute atomic E-state index is 0.0270. The van der Waals surface area contributed by atoms with Gasteiger partial charge in [0.1, 0.15) is 17.2 Å². The van der Waals surface area contributed by atoms with E-state index in [0.29, 0.717) is 11.3 Å². The summed E-state index contributed by atoms with van der Waals surface area (Å²) in [6.07, 6.45) is -0.686. The average molecular weight is 473 g/mol. The standard InChI is InChI=1S/C26H20N2O5S/c1-32-16-12-10-15(11-13-16)22-23(24(29)30)34-25(27-22)28-26(31)33-14-21-19-8-4-2-6-17(19)18-7-3-5-9-20(18)21/h2-13,21H,14H2,1H3,(H,29,30)(H,27,28,31). The average Bonchev–Trinajstić information content (AvgIpc) is 3.42. The maximum absolute atomic E-state index is 12.6. The molecule has 34 heavy (non-hydrogen) atoms. The Hall–Kier alpha value is -4.17. The molecule has 2 N–H and O–H groups in total. The number of methoxy groups -OCH3 is 1. The Morgan fingerprint density at radius 1 is 0.971 bits per heavy atom. The van der Waals surface area contributed by atoms with Crippen LogP contribution in [0.3, 0.4) is 0 Å². The predicted molar refractivity (Wildman–Crippen MR) is 130 cm³/mol. The van der Waals surface area contributed by atoms with Gasteiger partial charge in [0.25, 0.3) is 0 Å². The highest BCUT2D eigenvalue weighted by molar-refractivity contribution is 7.18. The Balaban J connectivity index is 1.32. The number of nitrogens with one attached hydrogen (secondary N) is 1. The van der Waals surface area contributed by atoms with Crippen molar-refractivity contribution in [1.29, 1.82) is 0 Å². The van der Waals surface area contributed by atoms with E-state index in [0.717, 1.165) is 33.6 Å². The molecule has 4 aromatic rings. The zero-order valence-electron chi connectivity index (χ0n) is 18.1. The topological polar surface area (TPSA) is 97.8 Å². The number of rotatable bonds is 6. The van der Waals surface area contributed by atoms with E-state index < -0.39 is 12.1 Å². The molecular formula is C26H20N2O5S. The summed E-state index contributed by atoms with van der Waals surface area (Å²) in [5, 5.41) is 12.3. The third kappa shape index (κ3) is 3.99. The van der Waals surface area contributed by atoms with Crippen molar-refractivity contribution in [2.24, 2.45) is 0 Å². The highest BCUT2D eigenvalue weighted by atomic mass is 32.1. The molecule has 7 nitrogen and oxygen atoms in total. The van der Waals surface area contributed by atoms with Crippen molar-refractivity contribution in [3.8, 4) is 28.1 Å². The van der Waals surface area contributed by atoms with E-state index in [9.17, 15) is 14.7 Å². The minimum Gasteiger partial charge on any atom is -0.497 e. The summed E-state index contributed by atoms with van der Waals surface area (Å²) in [6, 6.07) is 23.0. The number of aromatic carboxylic acids is 1. The highest BCUT2D eigenvalue weighted by Crippen LogP contribution is 2.44. The SMILES string of the molecule is COc1ccc(-c2nc(NC(=O)OCC3c4ccccc4-c4ccccc43)sc2C(=O)O)cc1. The number of carbonyl (C=O) groups excluding carboxylic acids is 1. The van der Waals surface area contributed by atoms with Gasteiger partial charge in [-0.2, -0.15) is 0 Å². The van der Waals surface area contributed by atoms with Crippen molar-refractivity contribution < 1.29 is 24.2 Å². The molecule has 1 aliphatic rings. The number of amides is 1. The van der Waals surface area contributed by atoms with Crippen LogP contribution in [0.5, 0.6) is 5.75 Å². The van der Waals surface area contributed by atoms with Crippen LogP contribution in [-0.4, -0.2) is 35.9 Å². The van der Waals surface area contributed by atoms with Gasteiger partial charge >= 0.3 is 12.1 Å². The van der Waals surface area contributed by atoms with Crippen LogP contribution in [0.2, 0.25) is 0 Å². The first-order valence-corrected chi connectivity index (χ1v) is 11.4. The van der Waals surface area contributed by atoms with Gasteiger partial charge < -0.3 is 14.6 Å². The van der Waals surface area contributed by atoms with Crippen LogP contribution >= 0.6 is 11.3 Å². The van der Waals surface area contributed by atoms with Crippen molar-refractivity contribution in [2.75, 3.05) is 19.0 Å². The van der Waals surface area contributed by atoms with Crippen LogP contribution in [0.1, 0.15) is 26.7 Å². The fraction of sp³-hybridized carbons (Fsp3) is 0.115. The molecule has 0 bridgehead atoms. The number of fused-ring (bicyclic) bond motifs is 3. The van der Waals surface area contributed by atoms with Crippen LogP contribution in [0.25, 0.3) is 22.4 Å². The summed E-state index contributed by atoms with van der Waals surface area (Å²) < 4.78 is 10.7. The molecule has 8 heteroatoms. The third-order valence-electron chi connectivity index (χ3n) is 5.74. The van der Waals surface area contributed by atoms with Gasteiger partial charge in [-0.1, -0.05) is 59.9 Å². The predicted octanol–water partition coefficient (Wildman–Crippen LogP) is 5.88. The number of anilines is 1. The Labute approximate surface area is 199 Å². The molecule has 0 fully saturated rings. The number of hydrogen-bond acceptors (Lipinski definition) is 6. The Bertz CT molecular complexity index is 1330. The van der Waals surface area contributed by atoms with Crippen molar-refractivity contribution in [3.05, 3.63) is 88.8 Å². The Morgan fingerprint density at radius 3 is 2.18 bits per heavy atom. The highest BCUT2D eigenvalue weighted by Gasteiger charge is 2.29. The molecule has 0 saturated heterocycles. The molecule has 0 aliphatic heterocycles. The summed E-state index contributed by atoms with van der Waals surface area (Å²) in [5.74, 6) is -0.546. The quantitative estimate of drug-likeness (QED) is 0.364. The molecule has 0 saturated carbocycles. The van der Waals surface area contributed by atoms with Crippen LogP contribution in [0.4, 0.5) is 9.93 Å². The summed E-state index contributed by atoms with van der Waals surface area (Å²) in [7, 11) is 1.55. The van der Waals surface area contributed by atoms with E-state index >= 15 is 0 Å². The summed E-state index contributed by atoms with van der Waals surface area (Å²) in [5.41, 5.74) is 5.38. The van der Waals surface area contributed by atoms with Gasteiger partial charge in [-0.3, -0.25) is 5.32 Å². The van der Waals surface area contributed by atoms with Crippen molar-refractivity contribution in [2.45, 2.75) is 5.92 Å². The number of carboxylic acids is 1. The van der Waals surface area contributed by atoms with E-state index in [-0.39, 0.29) is 28.2 Å².